The Hall–Kier alpha value is -1.78. The standard InChI is InChI=1S/C22H29NO3/c1-2-24-20-8-4-3-7-17(20)15-23(18-10-11-18)16-19-12-13-22(26-19)21-9-5-6-14-25-21/h3-4,7-8,12-13,18,21H,2,5-6,9-11,14-16H2,1H3/t21-/m0/s1. The molecule has 2 heterocycles. The maximum atomic E-state index is 6.15. The molecule has 1 aromatic heterocycles. The van der Waals surface area contributed by atoms with E-state index < -0.39 is 0 Å². The summed E-state index contributed by atoms with van der Waals surface area (Å²) in [7, 11) is 0. The molecule has 2 aliphatic rings. The normalized spacial score (nSPS) is 20.5. The number of para-hydroxylation sites is 1. The van der Waals surface area contributed by atoms with E-state index in [-0.39, 0.29) is 6.10 Å². The highest BCUT2D eigenvalue weighted by Gasteiger charge is 2.30. The van der Waals surface area contributed by atoms with E-state index in [1.807, 2.05) is 13.0 Å². The number of hydrogen-bond acceptors (Lipinski definition) is 4. The molecule has 0 radical (unpaired) electrons. The first-order valence-corrected chi connectivity index (χ1v) is 9.98. The van der Waals surface area contributed by atoms with Crippen molar-refractivity contribution in [1.29, 1.82) is 0 Å². The van der Waals surface area contributed by atoms with Crippen molar-refractivity contribution in [3.05, 3.63) is 53.5 Å². The summed E-state index contributed by atoms with van der Waals surface area (Å²) in [4.78, 5) is 2.52. The number of furan rings is 1. The van der Waals surface area contributed by atoms with Crippen LogP contribution in [-0.2, 0) is 17.8 Å². The Kier molecular flexibility index (Phi) is 5.61. The Morgan fingerprint density at radius 2 is 1.92 bits per heavy atom. The summed E-state index contributed by atoms with van der Waals surface area (Å²) in [6, 6.07) is 13.2. The Labute approximate surface area is 156 Å². The lowest BCUT2D eigenvalue weighted by atomic mass is 10.1. The topological polar surface area (TPSA) is 34.8 Å². The molecular weight excluding hydrogens is 326 g/mol. The van der Waals surface area contributed by atoms with Crippen molar-refractivity contribution in [2.24, 2.45) is 0 Å². The maximum Gasteiger partial charge on any atom is 0.133 e. The minimum absolute atomic E-state index is 0.144. The van der Waals surface area contributed by atoms with Gasteiger partial charge in [-0.2, -0.15) is 0 Å². The molecule has 1 aromatic carbocycles. The second kappa shape index (κ2) is 8.28. The van der Waals surface area contributed by atoms with Gasteiger partial charge in [0.1, 0.15) is 23.4 Å². The van der Waals surface area contributed by atoms with Crippen molar-refractivity contribution in [2.45, 2.75) is 64.3 Å². The van der Waals surface area contributed by atoms with Crippen molar-refractivity contribution in [3.63, 3.8) is 0 Å². The second-order valence-corrected chi connectivity index (χ2v) is 7.34. The molecule has 2 fully saturated rings. The number of hydrogen-bond donors (Lipinski definition) is 0. The van der Waals surface area contributed by atoms with Crippen LogP contribution >= 0.6 is 0 Å². The first-order chi connectivity index (χ1) is 12.8. The van der Waals surface area contributed by atoms with E-state index in [0.29, 0.717) is 12.6 Å². The molecule has 1 aliphatic carbocycles. The molecule has 1 saturated carbocycles. The van der Waals surface area contributed by atoms with Gasteiger partial charge >= 0.3 is 0 Å². The van der Waals surface area contributed by atoms with E-state index in [1.54, 1.807) is 0 Å². The van der Waals surface area contributed by atoms with Gasteiger partial charge in [0.15, 0.2) is 0 Å². The van der Waals surface area contributed by atoms with Crippen molar-refractivity contribution < 1.29 is 13.9 Å². The molecule has 4 nitrogen and oxygen atoms in total. The van der Waals surface area contributed by atoms with Gasteiger partial charge in [-0.3, -0.25) is 4.90 Å². The van der Waals surface area contributed by atoms with Gasteiger partial charge in [0.2, 0.25) is 0 Å². The molecule has 26 heavy (non-hydrogen) atoms. The molecule has 1 atom stereocenters. The van der Waals surface area contributed by atoms with Gasteiger partial charge in [0.05, 0.1) is 13.2 Å². The lowest BCUT2D eigenvalue weighted by molar-refractivity contribution is 0.000783. The number of ether oxygens (including phenoxy) is 2. The largest absolute Gasteiger partial charge is 0.494 e. The minimum atomic E-state index is 0.144. The summed E-state index contributed by atoms with van der Waals surface area (Å²) >= 11 is 0. The molecule has 140 valence electrons. The summed E-state index contributed by atoms with van der Waals surface area (Å²) in [5, 5.41) is 0. The van der Waals surface area contributed by atoms with E-state index in [9.17, 15) is 0 Å². The third kappa shape index (κ3) is 4.30. The zero-order chi connectivity index (χ0) is 17.8. The summed E-state index contributed by atoms with van der Waals surface area (Å²) in [5.74, 6) is 3.02. The molecule has 0 spiro atoms. The quantitative estimate of drug-likeness (QED) is 0.661. The Morgan fingerprint density at radius 3 is 2.69 bits per heavy atom. The summed E-state index contributed by atoms with van der Waals surface area (Å²) in [6.07, 6.45) is 6.15. The van der Waals surface area contributed by atoms with Crippen molar-refractivity contribution in [1.82, 2.24) is 4.90 Å². The lowest BCUT2D eigenvalue weighted by Crippen LogP contribution is -2.25. The van der Waals surface area contributed by atoms with Gasteiger partial charge in [-0.05, 0) is 57.2 Å². The molecular formula is C22H29NO3. The fourth-order valence-corrected chi connectivity index (χ4v) is 3.72. The van der Waals surface area contributed by atoms with E-state index >= 15 is 0 Å². The van der Waals surface area contributed by atoms with Crippen LogP contribution < -0.4 is 4.74 Å². The highest BCUT2D eigenvalue weighted by Crippen LogP contribution is 2.33. The van der Waals surface area contributed by atoms with Crippen LogP contribution in [0.4, 0.5) is 0 Å². The molecule has 1 aliphatic heterocycles. The molecule has 0 N–H and O–H groups in total. The number of rotatable bonds is 8. The number of benzene rings is 1. The predicted octanol–water partition coefficient (Wildman–Crippen LogP) is 5.08. The van der Waals surface area contributed by atoms with Crippen LogP contribution in [0.1, 0.15) is 62.2 Å². The van der Waals surface area contributed by atoms with Gasteiger partial charge in [0, 0.05) is 24.8 Å². The molecule has 0 unspecified atom stereocenters. The zero-order valence-corrected chi connectivity index (χ0v) is 15.7. The molecule has 1 saturated heterocycles. The van der Waals surface area contributed by atoms with Gasteiger partial charge in [-0.25, -0.2) is 0 Å². The Bertz CT molecular complexity index is 701. The first kappa shape index (κ1) is 17.6. The van der Waals surface area contributed by atoms with Crippen LogP contribution in [0, 0.1) is 0 Å². The maximum absolute atomic E-state index is 6.15. The van der Waals surface area contributed by atoms with Crippen LogP contribution in [0.5, 0.6) is 5.75 Å². The van der Waals surface area contributed by atoms with E-state index in [2.05, 4.69) is 35.2 Å². The van der Waals surface area contributed by atoms with Gasteiger partial charge < -0.3 is 13.9 Å². The lowest BCUT2D eigenvalue weighted by Gasteiger charge is -2.23. The SMILES string of the molecule is CCOc1ccccc1CN(Cc1ccc([C@@H]2CCCCO2)o1)C1CC1. The Morgan fingerprint density at radius 1 is 1.04 bits per heavy atom. The van der Waals surface area contributed by atoms with Crippen LogP contribution in [0.3, 0.4) is 0 Å². The van der Waals surface area contributed by atoms with Gasteiger partial charge in [0.25, 0.3) is 0 Å². The average Bonchev–Trinajstić information content (AvgIpc) is 3.42. The first-order valence-electron chi connectivity index (χ1n) is 9.98. The third-order valence-electron chi connectivity index (χ3n) is 5.25. The third-order valence-corrected chi connectivity index (χ3v) is 5.25. The van der Waals surface area contributed by atoms with E-state index in [4.69, 9.17) is 13.9 Å². The Balaban J connectivity index is 1.44. The monoisotopic (exact) mass is 355 g/mol. The smallest absolute Gasteiger partial charge is 0.133 e. The molecule has 2 aromatic rings. The average molecular weight is 355 g/mol. The molecule has 0 amide bonds. The number of nitrogens with zero attached hydrogens (tertiary/aromatic N) is 1. The highest BCUT2D eigenvalue weighted by atomic mass is 16.5. The molecule has 0 bridgehead atoms. The predicted molar refractivity (Wildman–Crippen MR) is 101 cm³/mol. The second-order valence-electron chi connectivity index (χ2n) is 7.34. The van der Waals surface area contributed by atoms with Crippen molar-refractivity contribution in [3.8, 4) is 5.75 Å². The van der Waals surface area contributed by atoms with E-state index in [1.165, 1.54) is 31.2 Å². The van der Waals surface area contributed by atoms with E-state index in [0.717, 1.165) is 43.4 Å². The summed E-state index contributed by atoms with van der Waals surface area (Å²) < 4.78 is 17.8. The minimum Gasteiger partial charge on any atom is -0.494 e. The van der Waals surface area contributed by atoms with Crippen molar-refractivity contribution >= 4 is 0 Å². The van der Waals surface area contributed by atoms with Crippen LogP contribution in [0.15, 0.2) is 40.8 Å². The molecule has 4 rings (SSSR count). The summed E-state index contributed by atoms with van der Waals surface area (Å²) in [5.41, 5.74) is 1.25. The highest BCUT2D eigenvalue weighted by molar-refractivity contribution is 5.33. The van der Waals surface area contributed by atoms with Gasteiger partial charge in [-0.15, -0.1) is 0 Å². The fourth-order valence-electron chi connectivity index (χ4n) is 3.72. The molecule has 4 heteroatoms. The van der Waals surface area contributed by atoms with Crippen LogP contribution in [0.2, 0.25) is 0 Å². The van der Waals surface area contributed by atoms with Crippen molar-refractivity contribution in [2.75, 3.05) is 13.2 Å². The summed E-state index contributed by atoms with van der Waals surface area (Å²) in [6.45, 7) is 5.33. The van der Waals surface area contributed by atoms with Crippen LogP contribution in [-0.4, -0.2) is 24.2 Å². The zero-order valence-electron chi connectivity index (χ0n) is 15.7. The fraction of sp³-hybridized carbons (Fsp3) is 0.545. The van der Waals surface area contributed by atoms with Crippen LogP contribution in [0.25, 0.3) is 0 Å². The van der Waals surface area contributed by atoms with Gasteiger partial charge in [-0.1, -0.05) is 18.2 Å².